The quantitative estimate of drug-likeness (QED) is 0.826. The van der Waals surface area contributed by atoms with Gasteiger partial charge in [0.15, 0.2) is 0 Å². The van der Waals surface area contributed by atoms with E-state index in [9.17, 15) is 9.18 Å². The summed E-state index contributed by atoms with van der Waals surface area (Å²) in [6.07, 6.45) is 0.884. The van der Waals surface area contributed by atoms with Gasteiger partial charge in [-0.25, -0.2) is 9.18 Å². The van der Waals surface area contributed by atoms with Crippen molar-refractivity contribution in [2.24, 2.45) is 0 Å². The molecule has 1 heterocycles. The highest BCUT2D eigenvalue weighted by molar-refractivity contribution is 5.74. The second-order valence-corrected chi connectivity index (χ2v) is 5.52. The van der Waals surface area contributed by atoms with Gasteiger partial charge >= 0.3 is 6.03 Å². The van der Waals surface area contributed by atoms with Crippen molar-refractivity contribution in [1.29, 1.82) is 5.26 Å². The normalized spacial score (nSPS) is 17.7. The summed E-state index contributed by atoms with van der Waals surface area (Å²) in [5.74, 6) is -0.434. The fourth-order valence-electron chi connectivity index (χ4n) is 2.57. The summed E-state index contributed by atoms with van der Waals surface area (Å²) in [7, 11) is 1.67. The first kappa shape index (κ1) is 17.2. The number of nitrogens with zero attached hydrogens (tertiary/aromatic N) is 2. The number of carbonyl (C=O) groups is 1. The fraction of sp³-hybridized carbons (Fsp3) is 0.500. The molecule has 1 aliphatic rings. The van der Waals surface area contributed by atoms with Gasteiger partial charge in [0, 0.05) is 44.9 Å². The molecule has 1 atom stereocenters. The Kier molecular flexibility index (Phi) is 6.32. The van der Waals surface area contributed by atoms with Gasteiger partial charge in [0.2, 0.25) is 0 Å². The van der Waals surface area contributed by atoms with Gasteiger partial charge in [0.1, 0.15) is 5.82 Å². The number of halogens is 1. The molecule has 1 aromatic rings. The molecule has 0 aromatic heterocycles. The predicted octanol–water partition coefficient (Wildman–Crippen LogP) is 1.22. The largest absolute Gasteiger partial charge is 0.383 e. The minimum atomic E-state index is -0.434. The number of ether oxygens (including phenoxy) is 1. The molecular formula is C16H21FN4O2. The molecule has 2 amide bonds. The summed E-state index contributed by atoms with van der Waals surface area (Å²) in [5, 5.41) is 14.3. The Morgan fingerprint density at radius 2 is 2.39 bits per heavy atom. The molecule has 2 rings (SSSR count). The van der Waals surface area contributed by atoms with Gasteiger partial charge < -0.3 is 15.4 Å². The van der Waals surface area contributed by atoms with Crippen molar-refractivity contribution in [2.75, 3.05) is 33.4 Å². The summed E-state index contributed by atoms with van der Waals surface area (Å²) in [5.41, 5.74) is 0.667. The van der Waals surface area contributed by atoms with Gasteiger partial charge in [0.05, 0.1) is 18.2 Å². The van der Waals surface area contributed by atoms with Crippen LogP contribution in [0.25, 0.3) is 0 Å². The number of hydrogen-bond donors (Lipinski definition) is 2. The summed E-state index contributed by atoms with van der Waals surface area (Å²) < 4.78 is 18.7. The third-order valence-electron chi connectivity index (χ3n) is 3.83. The molecule has 1 aromatic carbocycles. The van der Waals surface area contributed by atoms with E-state index in [0.29, 0.717) is 17.7 Å². The maximum atomic E-state index is 13.6. The molecule has 2 N–H and O–H groups in total. The van der Waals surface area contributed by atoms with Crippen molar-refractivity contribution >= 4 is 6.03 Å². The average Bonchev–Trinajstić information content (AvgIpc) is 2.99. The maximum Gasteiger partial charge on any atom is 0.315 e. The highest BCUT2D eigenvalue weighted by atomic mass is 19.1. The van der Waals surface area contributed by atoms with Gasteiger partial charge in [-0.1, -0.05) is 0 Å². The van der Waals surface area contributed by atoms with E-state index in [-0.39, 0.29) is 18.6 Å². The minimum absolute atomic E-state index is 0.0489. The number of methoxy groups -OCH3 is 1. The Bertz CT molecular complexity index is 588. The van der Waals surface area contributed by atoms with Crippen molar-refractivity contribution in [3.05, 3.63) is 35.1 Å². The number of hydrogen-bond acceptors (Lipinski definition) is 4. The van der Waals surface area contributed by atoms with Gasteiger partial charge in [-0.2, -0.15) is 5.26 Å². The Labute approximate surface area is 135 Å². The van der Waals surface area contributed by atoms with Crippen molar-refractivity contribution in [3.63, 3.8) is 0 Å². The number of urea groups is 1. The lowest BCUT2D eigenvalue weighted by Crippen LogP contribution is -2.43. The van der Waals surface area contributed by atoms with Crippen LogP contribution in [0.3, 0.4) is 0 Å². The Morgan fingerprint density at radius 1 is 1.57 bits per heavy atom. The monoisotopic (exact) mass is 320 g/mol. The Morgan fingerprint density at radius 3 is 3.13 bits per heavy atom. The van der Waals surface area contributed by atoms with E-state index >= 15 is 0 Å². The second-order valence-electron chi connectivity index (χ2n) is 5.52. The summed E-state index contributed by atoms with van der Waals surface area (Å²) in [4.78, 5) is 14.1. The zero-order chi connectivity index (χ0) is 16.7. The zero-order valence-corrected chi connectivity index (χ0v) is 13.1. The van der Waals surface area contributed by atoms with E-state index in [1.165, 1.54) is 18.2 Å². The number of amides is 2. The lowest BCUT2D eigenvalue weighted by atomic mass is 10.1. The Balaban J connectivity index is 1.77. The van der Waals surface area contributed by atoms with Crippen LogP contribution in [0.1, 0.15) is 17.5 Å². The topological polar surface area (TPSA) is 77.4 Å². The predicted molar refractivity (Wildman–Crippen MR) is 83.2 cm³/mol. The van der Waals surface area contributed by atoms with E-state index in [0.717, 1.165) is 26.1 Å². The molecule has 0 radical (unpaired) electrons. The van der Waals surface area contributed by atoms with E-state index in [1.807, 2.05) is 6.07 Å². The molecule has 6 nitrogen and oxygen atoms in total. The molecule has 23 heavy (non-hydrogen) atoms. The molecule has 0 saturated carbocycles. The van der Waals surface area contributed by atoms with Crippen molar-refractivity contribution < 1.29 is 13.9 Å². The number of carbonyl (C=O) groups excluding carboxylic acids is 1. The van der Waals surface area contributed by atoms with Crippen LogP contribution in [0.5, 0.6) is 0 Å². The maximum absolute atomic E-state index is 13.6. The first-order valence-corrected chi connectivity index (χ1v) is 7.56. The van der Waals surface area contributed by atoms with Crippen LogP contribution in [0.15, 0.2) is 18.2 Å². The van der Waals surface area contributed by atoms with Crippen LogP contribution >= 0.6 is 0 Å². The third kappa shape index (κ3) is 5.20. The molecule has 124 valence electrons. The van der Waals surface area contributed by atoms with Crippen LogP contribution in [0, 0.1) is 17.1 Å². The van der Waals surface area contributed by atoms with Gasteiger partial charge in [0.25, 0.3) is 0 Å². The first-order valence-electron chi connectivity index (χ1n) is 7.56. The molecule has 1 aliphatic heterocycles. The van der Waals surface area contributed by atoms with E-state index in [4.69, 9.17) is 10.00 Å². The number of nitriles is 1. The van der Waals surface area contributed by atoms with E-state index in [2.05, 4.69) is 15.5 Å². The molecule has 1 fully saturated rings. The molecule has 0 bridgehead atoms. The number of rotatable bonds is 6. The number of nitrogens with one attached hydrogen (secondary N) is 2. The average molecular weight is 320 g/mol. The van der Waals surface area contributed by atoms with Gasteiger partial charge in [-0.05, 0) is 24.6 Å². The number of benzene rings is 1. The van der Waals surface area contributed by atoms with Crippen LogP contribution < -0.4 is 10.6 Å². The van der Waals surface area contributed by atoms with E-state index < -0.39 is 5.82 Å². The van der Waals surface area contributed by atoms with E-state index in [1.54, 1.807) is 7.11 Å². The van der Waals surface area contributed by atoms with Crippen molar-refractivity contribution in [1.82, 2.24) is 15.5 Å². The highest BCUT2D eigenvalue weighted by Crippen LogP contribution is 2.10. The Hall–Kier alpha value is -2.17. The SMILES string of the molecule is COCCN1CC[C@@H](NC(=O)NCc2cc(C#N)ccc2F)C1. The molecule has 0 spiro atoms. The van der Waals surface area contributed by atoms with Crippen LogP contribution in [0.4, 0.5) is 9.18 Å². The lowest BCUT2D eigenvalue weighted by Gasteiger charge is -2.16. The smallest absolute Gasteiger partial charge is 0.315 e. The highest BCUT2D eigenvalue weighted by Gasteiger charge is 2.23. The third-order valence-corrected chi connectivity index (χ3v) is 3.83. The lowest BCUT2D eigenvalue weighted by molar-refractivity contribution is 0.159. The number of likely N-dealkylation sites (tertiary alicyclic amines) is 1. The molecule has 0 unspecified atom stereocenters. The zero-order valence-electron chi connectivity index (χ0n) is 13.1. The van der Waals surface area contributed by atoms with Crippen molar-refractivity contribution in [2.45, 2.75) is 19.0 Å². The van der Waals surface area contributed by atoms with Crippen LogP contribution in [-0.4, -0.2) is 50.3 Å². The standard InChI is InChI=1S/C16H21FN4O2/c1-23-7-6-21-5-4-14(11-21)20-16(22)19-10-13-8-12(9-18)2-3-15(13)17/h2-3,8,14H,4-7,10-11H2,1H3,(H2,19,20,22)/t14-/m1/s1. The van der Waals surface area contributed by atoms with Gasteiger partial charge in [-0.15, -0.1) is 0 Å². The second kappa shape index (κ2) is 8.46. The molecular weight excluding hydrogens is 299 g/mol. The summed E-state index contributed by atoms with van der Waals surface area (Å²) in [6, 6.07) is 5.79. The molecule has 1 saturated heterocycles. The minimum Gasteiger partial charge on any atom is -0.383 e. The summed E-state index contributed by atoms with van der Waals surface area (Å²) >= 11 is 0. The van der Waals surface area contributed by atoms with Crippen molar-refractivity contribution in [3.8, 4) is 6.07 Å². The fourth-order valence-corrected chi connectivity index (χ4v) is 2.57. The van der Waals surface area contributed by atoms with Crippen LogP contribution in [0.2, 0.25) is 0 Å². The first-order chi connectivity index (χ1) is 11.1. The molecule has 0 aliphatic carbocycles. The van der Waals surface area contributed by atoms with Crippen LogP contribution in [-0.2, 0) is 11.3 Å². The molecule has 7 heteroatoms. The van der Waals surface area contributed by atoms with Gasteiger partial charge in [-0.3, -0.25) is 4.90 Å². The summed E-state index contributed by atoms with van der Waals surface area (Å²) in [6.45, 7) is 3.28.